The molecule has 78 valence electrons. The van der Waals surface area contributed by atoms with Crippen LogP contribution in [0.25, 0.3) is 0 Å². The molecule has 4 heteroatoms. The maximum absolute atomic E-state index is 11.4. The van der Waals surface area contributed by atoms with E-state index in [9.17, 15) is 4.79 Å². The summed E-state index contributed by atoms with van der Waals surface area (Å²) in [4.78, 5) is 11.4. The van der Waals surface area contributed by atoms with Crippen molar-refractivity contribution in [2.45, 2.75) is 39.3 Å². The van der Waals surface area contributed by atoms with E-state index in [2.05, 4.69) is 0 Å². The third kappa shape index (κ3) is 4.85. The SMILES string of the molecule is CC(CN)C(N)C(=O)OC(C)(C)C. The first kappa shape index (κ1) is 12.4. The number of carbonyl (C=O) groups excluding carboxylic acids is 1. The van der Waals surface area contributed by atoms with Gasteiger partial charge in [0, 0.05) is 0 Å². The fourth-order valence-electron chi connectivity index (χ4n) is 0.749. The van der Waals surface area contributed by atoms with Crippen LogP contribution >= 0.6 is 0 Å². The molecule has 0 saturated carbocycles. The van der Waals surface area contributed by atoms with Crippen molar-refractivity contribution in [3.05, 3.63) is 0 Å². The average molecular weight is 188 g/mol. The van der Waals surface area contributed by atoms with Gasteiger partial charge >= 0.3 is 5.97 Å². The molecule has 2 unspecified atom stereocenters. The standard InChI is InChI=1S/C9H20N2O2/c1-6(5-10)7(11)8(12)13-9(2,3)4/h6-7H,5,10-11H2,1-4H3. The summed E-state index contributed by atoms with van der Waals surface area (Å²) in [6, 6.07) is -0.621. The zero-order chi connectivity index (χ0) is 10.6. The molecule has 0 spiro atoms. The van der Waals surface area contributed by atoms with Crippen LogP contribution in [0.15, 0.2) is 0 Å². The second-order valence-electron chi connectivity index (χ2n) is 4.27. The van der Waals surface area contributed by atoms with Gasteiger partial charge in [0.15, 0.2) is 0 Å². The molecule has 13 heavy (non-hydrogen) atoms. The van der Waals surface area contributed by atoms with Crippen LogP contribution in [0.3, 0.4) is 0 Å². The lowest BCUT2D eigenvalue weighted by atomic mass is 10.0. The maximum Gasteiger partial charge on any atom is 0.323 e. The summed E-state index contributed by atoms with van der Waals surface area (Å²) in [5.41, 5.74) is 10.5. The highest BCUT2D eigenvalue weighted by molar-refractivity contribution is 5.76. The van der Waals surface area contributed by atoms with Crippen molar-refractivity contribution in [1.82, 2.24) is 0 Å². The molecule has 0 aliphatic carbocycles. The van der Waals surface area contributed by atoms with Crippen LogP contribution in [-0.4, -0.2) is 24.2 Å². The van der Waals surface area contributed by atoms with Gasteiger partial charge in [0.05, 0.1) is 0 Å². The van der Waals surface area contributed by atoms with E-state index in [1.807, 2.05) is 27.7 Å². The second kappa shape index (κ2) is 4.58. The van der Waals surface area contributed by atoms with Crippen molar-refractivity contribution in [3.8, 4) is 0 Å². The van der Waals surface area contributed by atoms with E-state index in [0.29, 0.717) is 6.54 Å². The number of hydrogen-bond donors (Lipinski definition) is 2. The highest BCUT2D eigenvalue weighted by Gasteiger charge is 2.25. The highest BCUT2D eigenvalue weighted by Crippen LogP contribution is 2.10. The van der Waals surface area contributed by atoms with Crippen LogP contribution in [0.5, 0.6) is 0 Å². The van der Waals surface area contributed by atoms with E-state index in [-0.39, 0.29) is 11.9 Å². The number of carbonyl (C=O) groups is 1. The molecule has 0 amide bonds. The molecule has 0 aromatic rings. The van der Waals surface area contributed by atoms with Gasteiger partial charge in [-0.15, -0.1) is 0 Å². The summed E-state index contributed by atoms with van der Waals surface area (Å²) in [6.07, 6.45) is 0. The van der Waals surface area contributed by atoms with Crippen molar-refractivity contribution in [2.24, 2.45) is 17.4 Å². The smallest absolute Gasteiger partial charge is 0.323 e. The van der Waals surface area contributed by atoms with Gasteiger partial charge in [0.25, 0.3) is 0 Å². The molecule has 0 aromatic carbocycles. The van der Waals surface area contributed by atoms with Gasteiger partial charge in [-0.2, -0.15) is 0 Å². The van der Waals surface area contributed by atoms with Gasteiger partial charge in [-0.05, 0) is 33.2 Å². The van der Waals surface area contributed by atoms with E-state index in [1.165, 1.54) is 0 Å². The highest BCUT2D eigenvalue weighted by atomic mass is 16.6. The maximum atomic E-state index is 11.4. The minimum absolute atomic E-state index is 0.0464. The lowest BCUT2D eigenvalue weighted by Crippen LogP contribution is -2.43. The first-order valence-electron chi connectivity index (χ1n) is 4.46. The quantitative estimate of drug-likeness (QED) is 0.622. The average Bonchev–Trinajstić information content (AvgIpc) is 1.98. The van der Waals surface area contributed by atoms with E-state index < -0.39 is 11.6 Å². The summed E-state index contributed by atoms with van der Waals surface area (Å²) < 4.78 is 5.10. The lowest BCUT2D eigenvalue weighted by molar-refractivity contribution is -0.157. The summed E-state index contributed by atoms with van der Waals surface area (Å²) in [7, 11) is 0. The Kier molecular flexibility index (Phi) is 4.36. The molecule has 0 aliphatic rings. The molecule has 0 heterocycles. The van der Waals surface area contributed by atoms with Crippen LogP contribution in [0.2, 0.25) is 0 Å². The summed E-state index contributed by atoms with van der Waals surface area (Å²) in [5.74, 6) is -0.430. The van der Waals surface area contributed by atoms with Crippen molar-refractivity contribution in [1.29, 1.82) is 0 Å². The molecule has 4 nitrogen and oxygen atoms in total. The van der Waals surface area contributed by atoms with E-state index in [0.717, 1.165) is 0 Å². The van der Waals surface area contributed by atoms with E-state index in [1.54, 1.807) is 0 Å². The second-order valence-corrected chi connectivity index (χ2v) is 4.27. The molecule has 4 N–H and O–H groups in total. The number of ether oxygens (including phenoxy) is 1. The zero-order valence-electron chi connectivity index (χ0n) is 8.83. The van der Waals surface area contributed by atoms with Crippen LogP contribution in [0.4, 0.5) is 0 Å². The fourth-order valence-corrected chi connectivity index (χ4v) is 0.749. The van der Waals surface area contributed by atoms with E-state index in [4.69, 9.17) is 16.2 Å². The molecule has 0 aliphatic heterocycles. The van der Waals surface area contributed by atoms with Gasteiger partial charge in [0.2, 0.25) is 0 Å². The number of nitrogens with two attached hydrogens (primary N) is 2. The Hall–Kier alpha value is -0.610. The monoisotopic (exact) mass is 188 g/mol. The Morgan fingerprint density at radius 1 is 1.46 bits per heavy atom. The van der Waals surface area contributed by atoms with Crippen molar-refractivity contribution in [2.75, 3.05) is 6.54 Å². The molecule has 0 radical (unpaired) electrons. The van der Waals surface area contributed by atoms with Crippen LogP contribution < -0.4 is 11.5 Å². The predicted molar refractivity (Wildman–Crippen MR) is 52.0 cm³/mol. The Balaban J connectivity index is 4.12. The van der Waals surface area contributed by atoms with Gasteiger partial charge in [-0.25, -0.2) is 0 Å². The molecule has 0 aromatic heterocycles. The Morgan fingerprint density at radius 2 is 1.92 bits per heavy atom. The molecular weight excluding hydrogens is 168 g/mol. The molecule has 0 rings (SSSR count). The Bertz CT molecular complexity index is 175. The number of esters is 1. The fraction of sp³-hybridized carbons (Fsp3) is 0.889. The summed E-state index contributed by atoms with van der Waals surface area (Å²) in [5, 5.41) is 0. The third-order valence-electron chi connectivity index (χ3n) is 1.66. The minimum atomic E-state index is -0.621. The van der Waals surface area contributed by atoms with Crippen LogP contribution in [0.1, 0.15) is 27.7 Å². The van der Waals surface area contributed by atoms with Gasteiger partial charge in [-0.1, -0.05) is 6.92 Å². The molecule has 0 fully saturated rings. The van der Waals surface area contributed by atoms with Crippen LogP contribution in [0, 0.1) is 5.92 Å². The van der Waals surface area contributed by atoms with Crippen LogP contribution in [-0.2, 0) is 9.53 Å². The Morgan fingerprint density at radius 3 is 2.23 bits per heavy atom. The molecule has 0 bridgehead atoms. The van der Waals surface area contributed by atoms with Crippen molar-refractivity contribution in [3.63, 3.8) is 0 Å². The Labute approximate surface area is 79.6 Å². The van der Waals surface area contributed by atoms with Gasteiger partial charge < -0.3 is 16.2 Å². The van der Waals surface area contributed by atoms with Gasteiger partial charge in [-0.3, -0.25) is 4.79 Å². The van der Waals surface area contributed by atoms with Gasteiger partial charge in [0.1, 0.15) is 11.6 Å². The first-order chi connectivity index (χ1) is 5.78. The predicted octanol–water partition coefficient (Wildman–Crippen LogP) is 0.250. The molecular formula is C9H20N2O2. The minimum Gasteiger partial charge on any atom is -0.459 e. The largest absolute Gasteiger partial charge is 0.459 e. The summed E-state index contributed by atoms with van der Waals surface area (Å²) >= 11 is 0. The van der Waals surface area contributed by atoms with E-state index >= 15 is 0 Å². The topological polar surface area (TPSA) is 78.3 Å². The number of rotatable bonds is 3. The normalized spacial score (nSPS) is 16.5. The van der Waals surface area contributed by atoms with Crippen molar-refractivity contribution < 1.29 is 9.53 Å². The first-order valence-corrected chi connectivity index (χ1v) is 4.46. The zero-order valence-corrected chi connectivity index (χ0v) is 8.83. The number of hydrogen-bond acceptors (Lipinski definition) is 4. The summed E-state index contributed by atoms with van der Waals surface area (Å²) in [6.45, 7) is 7.65. The lowest BCUT2D eigenvalue weighted by Gasteiger charge is -2.24. The molecule has 0 saturated heterocycles. The third-order valence-corrected chi connectivity index (χ3v) is 1.66. The van der Waals surface area contributed by atoms with Crippen molar-refractivity contribution >= 4 is 5.97 Å². The molecule has 2 atom stereocenters.